The zero-order valence-corrected chi connectivity index (χ0v) is 13.7. The van der Waals surface area contributed by atoms with Gasteiger partial charge in [0.1, 0.15) is 5.69 Å². The summed E-state index contributed by atoms with van der Waals surface area (Å²) in [5.41, 5.74) is 3.18. The maximum Gasteiger partial charge on any atom is 0.158 e. The molecule has 1 fully saturated rings. The van der Waals surface area contributed by atoms with Gasteiger partial charge in [-0.25, -0.2) is 0 Å². The molecule has 1 atom stereocenters. The lowest BCUT2D eigenvalue weighted by atomic mass is 10.0. The van der Waals surface area contributed by atoms with E-state index in [0.717, 1.165) is 53.8 Å². The molecule has 1 N–H and O–H groups in total. The molecule has 0 unspecified atom stereocenters. The van der Waals surface area contributed by atoms with Crippen molar-refractivity contribution in [2.45, 2.75) is 25.9 Å². The van der Waals surface area contributed by atoms with Gasteiger partial charge in [-0.3, -0.25) is 4.98 Å². The van der Waals surface area contributed by atoms with Crippen molar-refractivity contribution in [1.82, 2.24) is 15.2 Å². The number of anilines is 1. The number of aromatic nitrogens is 3. The molecule has 1 saturated heterocycles. The highest BCUT2D eigenvalue weighted by Gasteiger charge is 2.17. The van der Waals surface area contributed by atoms with Gasteiger partial charge in [0.05, 0.1) is 6.10 Å². The summed E-state index contributed by atoms with van der Waals surface area (Å²) in [7, 11) is 0. The molecule has 0 bridgehead atoms. The minimum Gasteiger partial charge on any atom is -0.376 e. The van der Waals surface area contributed by atoms with Crippen LogP contribution in [0.1, 0.15) is 18.4 Å². The Labute approximate surface area is 141 Å². The first-order chi connectivity index (χ1) is 11.8. The monoisotopic (exact) mass is 320 g/mol. The van der Waals surface area contributed by atoms with Crippen LogP contribution in [-0.4, -0.2) is 34.4 Å². The molecule has 3 heterocycles. The SMILES string of the molecule is Cc1ccc(-c2nnc(NC[C@H]3CCCO3)c3cnccc23)cc1. The standard InChI is InChI=1S/C19H20N4O/c1-13-4-6-14(7-5-13)18-16-8-9-20-12-17(16)19(23-22-18)21-11-15-3-2-10-24-15/h4-9,12,15H,2-3,10-11H2,1H3,(H,21,23)/t15-/m1/s1. The van der Waals surface area contributed by atoms with Crippen molar-refractivity contribution >= 4 is 16.6 Å². The fourth-order valence-electron chi connectivity index (χ4n) is 3.07. The van der Waals surface area contributed by atoms with E-state index in [1.54, 1.807) is 6.20 Å². The van der Waals surface area contributed by atoms with E-state index in [0.29, 0.717) is 0 Å². The van der Waals surface area contributed by atoms with E-state index in [1.165, 1.54) is 5.56 Å². The van der Waals surface area contributed by atoms with E-state index in [4.69, 9.17) is 4.74 Å². The number of nitrogens with one attached hydrogen (secondary N) is 1. The molecular formula is C19H20N4O. The van der Waals surface area contributed by atoms with Crippen molar-refractivity contribution in [1.29, 1.82) is 0 Å². The number of benzene rings is 1. The van der Waals surface area contributed by atoms with Gasteiger partial charge >= 0.3 is 0 Å². The average Bonchev–Trinajstić information content (AvgIpc) is 3.14. The first kappa shape index (κ1) is 15.0. The molecule has 0 radical (unpaired) electrons. The summed E-state index contributed by atoms with van der Waals surface area (Å²) >= 11 is 0. The number of pyridine rings is 1. The third-order valence-corrected chi connectivity index (χ3v) is 4.43. The zero-order chi connectivity index (χ0) is 16.4. The summed E-state index contributed by atoms with van der Waals surface area (Å²) in [6.45, 7) is 3.69. The van der Waals surface area contributed by atoms with Crippen LogP contribution in [0.3, 0.4) is 0 Å². The van der Waals surface area contributed by atoms with Crippen molar-refractivity contribution in [3.8, 4) is 11.3 Å². The maximum atomic E-state index is 5.66. The fourth-order valence-corrected chi connectivity index (χ4v) is 3.07. The molecule has 1 aliphatic heterocycles. The van der Waals surface area contributed by atoms with E-state index in [2.05, 4.69) is 51.7 Å². The van der Waals surface area contributed by atoms with Crippen LogP contribution in [0, 0.1) is 6.92 Å². The number of aryl methyl sites for hydroxylation is 1. The lowest BCUT2D eigenvalue weighted by Gasteiger charge is -2.13. The Bertz CT molecular complexity index is 842. The summed E-state index contributed by atoms with van der Waals surface area (Å²) in [4.78, 5) is 4.26. The molecule has 0 saturated carbocycles. The Balaban J connectivity index is 1.70. The highest BCUT2D eigenvalue weighted by Crippen LogP contribution is 2.29. The van der Waals surface area contributed by atoms with Gasteiger partial charge in [0.2, 0.25) is 0 Å². The number of fused-ring (bicyclic) bond motifs is 1. The minimum absolute atomic E-state index is 0.260. The molecule has 5 heteroatoms. The molecule has 1 aliphatic rings. The second-order valence-electron chi connectivity index (χ2n) is 6.20. The summed E-state index contributed by atoms with van der Waals surface area (Å²) in [6, 6.07) is 10.3. The molecule has 0 amide bonds. The quantitative estimate of drug-likeness (QED) is 0.796. The number of hydrogen-bond acceptors (Lipinski definition) is 5. The van der Waals surface area contributed by atoms with Gasteiger partial charge < -0.3 is 10.1 Å². The molecule has 24 heavy (non-hydrogen) atoms. The molecule has 122 valence electrons. The number of rotatable bonds is 4. The molecule has 1 aromatic carbocycles. The lowest BCUT2D eigenvalue weighted by molar-refractivity contribution is 0.120. The number of hydrogen-bond donors (Lipinski definition) is 1. The van der Waals surface area contributed by atoms with Gasteiger partial charge in [0.25, 0.3) is 0 Å². The third kappa shape index (κ3) is 2.95. The highest BCUT2D eigenvalue weighted by molar-refractivity contribution is 5.99. The molecule has 4 rings (SSSR count). The highest BCUT2D eigenvalue weighted by atomic mass is 16.5. The zero-order valence-electron chi connectivity index (χ0n) is 13.7. The second kappa shape index (κ2) is 6.53. The van der Waals surface area contributed by atoms with Crippen molar-refractivity contribution < 1.29 is 4.74 Å². The fraction of sp³-hybridized carbons (Fsp3) is 0.316. The molecular weight excluding hydrogens is 300 g/mol. The molecule has 2 aromatic heterocycles. The van der Waals surface area contributed by atoms with Crippen LogP contribution >= 0.6 is 0 Å². The van der Waals surface area contributed by atoms with Crippen molar-refractivity contribution in [2.75, 3.05) is 18.5 Å². The Morgan fingerprint density at radius 3 is 2.79 bits per heavy atom. The van der Waals surface area contributed by atoms with E-state index in [-0.39, 0.29) is 6.10 Å². The van der Waals surface area contributed by atoms with Gasteiger partial charge in [-0.2, -0.15) is 0 Å². The number of ether oxygens (including phenoxy) is 1. The third-order valence-electron chi connectivity index (χ3n) is 4.43. The van der Waals surface area contributed by atoms with Gasteiger partial charge in [0.15, 0.2) is 5.82 Å². The average molecular weight is 320 g/mol. The summed E-state index contributed by atoms with van der Waals surface area (Å²) in [5.74, 6) is 0.768. The first-order valence-electron chi connectivity index (χ1n) is 8.34. The normalized spacial score (nSPS) is 17.3. The van der Waals surface area contributed by atoms with E-state index in [9.17, 15) is 0 Å². The van der Waals surface area contributed by atoms with E-state index < -0.39 is 0 Å². The molecule has 3 aromatic rings. The lowest BCUT2D eigenvalue weighted by Crippen LogP contribution is -2.19. The van der Waals surface area contributed by atoms with Crippen LogP contribution < -0.4 is 5.32 Å². The maximum absolute atomic E-state index is 5.66. The smallest absolute Gasteiger partial charge is 0.158 e. The number of nitrogens with zero attached hydrogens (tertiary/aromatic N) is 3. The summed E-state index contributed by atoms with van der Waals surface area (Å²) in [5, 5.41) is 14.3. The second-order valence-corrected chi connectivity index (χ2v) is 6.20. The van der Waals surface area contributed by atoms with Gasteiger partial charge in [-0.1, -0.05) is 29.8 Å². The minimum atomic E-state index is 0.260. The van der Waals surface area contributed by atoms with Crippen LogP contribution in [-0.2, 0) is 4.74 Å². The molecule has 5 nitrogen and oxygen atoms in total. The summed E-state index contributed by atoms with van der Waals surface area (Å²) < 4.78 is 5.66. The summed E-state index contributed by atoms with van der Waals surface area (Å²) in [6.07, 6.45) is 6.13. The van der Waals surface area contributed by atoms with Gasteiger partial charge in [-0.05, 0) is 25.8 Å². The van der Waals surface area contributed by atoms with Crippen LogP contribution in [0.15, 0.2) is 42.7 Å². The van der Waals surface area contributed by atoms with E-state index in [1.807, 2.05) is 12.3 Å². The van der Waals surface area contributed by atoms with Gasteiger partial charge in [0, 0.05) is 41.9 Å². The van der Waals surface area contributed by atoms with Crippen molar-refractivity contribution in [2.24, 2.45) is 0 Å². The molecule has 0 aliphatic carbocycles. The first-order valence-corrected chi connectivity index (χ1v) is 8.34. The Hall–Kier alpha value is -2.53. The van der Waals surface area contributed by atoms with Gasteiger partial charge in [-0.15, -0.1) is 10.2 Å². The topological polar surface area (TPSA) is 59.9 Å². The Morgan fingerprint density at radius 2 is 2.00 bits per heavy atom. The van der Waals surface area contributed by atoms with Crippen LogP contribution in [0.25, 0.3) is 22.0 Å². The van der Waals surface area contributed by atoms with Crippen LogP contribution in [0.5, 0.6) is 0 Å². The molecule has 0 spiro atoms. The predicted octanol–water partition coefficient (Wildman–Crippen LogP) is 3.59. The largest absolute Gasteiger partial charge is 0.376 e. The van der Waals surface area contributed by atoms with Crippen molar-refractivity contribution in [3.63, 3.8) is 0 Å². The van der Waals surface area contributed by atoms with Crippen molar-refractivity contribution in [3.05, 3.63) is 48.3 Å². The Kier molecular flexibility index (Phi) is 4.09. The van der Waals surface area contributed by atoms with Crippen LogP contribution in [0.4, 0.5) is 5.82 Å². The van der Waals surface area contributed by atoms with Crippen LogP contribution in [0.2, 0.25) is 0 Å². The predicted molar refractivity (Wildman–Crippen MR) is 95.0 cm³/mol. The van der Waals surface area contributed by atoms with E-state index >= 15 is 0 Å². The Morgan fingerprint density at radius 1 is 1.12 bits per heavy atom.